The summed E-state index contributed by atoms with van der Waals surface area (Å²) in [7, 11) is 0. The molecule has 1 N–H and O–H groups in total. The van der Waals surface area contributed by atoms with Gasteiger partial charge in [-0.2, -0.15) is 0 Å². The Hall–Kier alpha value is -2.92. The van der Waals surface area contributed by atoms with E-state index in [2.05, 4.69) is 50.7 Å². The standard InChI is InChI=1S/C24H25ClN4O/c1-17-15-20(25)7-8-21(17)26-24(30)22-9-10-23(28-27-22)29-13-11-19(12-14-29)16-18-5-3-2-4-6-18/h2-10,15,19H,11-14,16H2,1H3,(H,26,30). The summed E-state index contributed by atoms with van der Waals surface area (Å²) in [5.41, 5.74) is 3.32. The van der Waals surface area contributed by atoms with Gasteiger partial charge in [-0.05, 0) is 73.6 Å². The highest BCUT2D eigenvalue weighted by molar-refractivity contribution is 6.30. The summed E-state index contributed by atoms with van der Waals surface area (Å²) < 4.78 is 0. The number of rotatable bonds is 5. The quantitative estimate of drug-likeness (QED) is 0.620. The van der Waals surface area contributed by atoms with E-state index in [1.807, 2.05) is 19.1 Å². The third-order valence-corrected chi connectivity index (χ3v) is 5.86. The first-order valence-corrected chi connectivity index (χ1v) is 10.7. The van der Waals surface area contributed by atoms with E-state index in [9.17, 15) is 4.79 Å². The highest BCUT2D eigenvalue weighted by Gasteiger charge is 2.21. The average Bonchev–Trinajstić information content (AvgIpc) is 2.77. The Morgan fingerprint density at radius 1 is 1.07 bits per heavy atom. The molecule has 1 saturated heterocycles. The monoisotopic (exact) mass is 420 g/mol. The summed E-state index contributed by atoms with van der Waals surface area (Å²) in [6.07, 6.45) is 3.40. The summed E-state index contributed by atoms with van der Waals surface area (Å²) in [5, 5.41) is 12.0. The van der Waals surface area contributed by atoms with Crippen molar-refractivity contribution in [1.29, 1.82) is 0 Å². The zero-order chi connectivity index (χ0) is 20.9. The third-order valence-electron chi connectivity index (χ3n) is 5.63. The van der Waals surface area contributed by atoms with Gasteiger partial charge in [0.05, 0.1) is 0 Å². The molecule has 1 aliphatic rings. The molecule has 0 bridgehead atoms. The summed E-state index contributed by atoms with van der Waals surface area (Å²) >= 11 is 5.97. The Kier molecular flexibility index (Phi) is 6.29. The van der Waals surface area contributed by atoms with Crippen LogP contribution in [-0.2, 0) is 6.42 Å². The second-order valence-electron chi connectivity index (χ2n) is 7.81. The molecule has 3 aromatic rings. The van der Waals surface area contributed by atoms with Gasteiger partial charge in [0.2, 0.25) is 0 Å². The normalized spacial score (nSPS) is 14.5. The summed E-state index contributed by atoms with van der Waals surface area (Å²) in [4.78, 5) is 14.7. The number of hydrogen-bond acceptors (Lipinski definition) is 4. The van der Waals surface area contributed by atoms with Crippen LogP contribution in [0.5, 0.6) is 0 Å². The molecule has 1 aliphatic heterocycles. The van der Waals surface area contributed by atoms with E-state index in [4.69, 9.17) is 11.6 Å². The van der Waals surface area contributed by atoms with Crippen molar-refractivity contribution in [3.63, 3.8) is 0 Å². The second-order valence-corrected chi connectivity index (χ2v) is 8.25. The summed E-state index contributed by atoms with van der Waals surface area (Å²) in [6.45, 7) is 3.82. The van der Waals surface area contributed by atoms with Crippen LogP contribution in [0.25, 0.3) is 0 Å². The van der Waals surface area contributed by atoms with E-state index in [1.54, 1.807) is 18.2 Å². The van der Waals surface area contributed by atoms with Crippen molar-refractivity contribution in [2.24, 2.45) is 5.92 Å². The SMILES string of the molecule is Cc1cc(Cl)ccc1NC(=O)c1ccc(N2CCC(Cc3ccccc3)CC2)nn1. The number of carbonyl (C=O) groups excluding carboxylic acids is 1. The molecule has 0 atom stereocenters. The van der Waals surface area contributed by atoms with Crippen LogP contribution in [0.1, 0.15) is 34.5 Å². The van der Waals surface area contributed by atoms with E-state index in [0.717, 1.165) is 49.4 Å². The minimum absolute atomic E-state index is 0.277. The first-order valence-electron chi connectivity index (χ1n) is 10.3. The van der Waals surface area contributed by atoms with Gasteiger partial charge in [0, 0.05) is 23.8 Å². The lowest BCUT2D eigenvalue weighted by molar-refractivity contribution is 0.102. The molecule has 1 aromatic heterocycles. The molecule has 1 fully saturated rings. The molecule has 4 rings (SSSR count). The number of hydrogen-bond donors (Lipinski definition) is 1. The molecule has 0 unspecified atom stereocenters. The lowest BCUT2D eigenvalue weighted by Crippen LogP contribution is -2.35. The molecule has 0 saturated carbocycles. The number of aromatic nitrogens is 2. The van der Waals surface area contributed by atoms with E-state index in [-0.39, 0.29) is 5.91 Å². The van der Waals surface area contributed by atoms with Crippen molar-refractivity contribution in [3.8, 4) is 0 Å². The lowest BCUT2D eigenvalue weighted by Gasteiger charge is -2.32. The van der Waals surface area contributed by atoms with Crippen LogP contribution < -0.4 is 10.2 Å². The number of nitrogens with zero attached hydrogens (tertiary/aromatic N) is 3. The van der Waals surface area contributed by atoms with Crippen LogP contribution in [0, 0.1) is 12.8 Å². The molecular formula is C24H25ClN4O. The zero-order valence-corrected chi connectivity index (χ0v) is 17.8. The Balaban J connectivity index is 1.33. The van der Waals surface area contributed by atoms with Gasteiger partial charge in [-0.3, -0.25) is 4.79 Å². The Bertz CT molecular complexity index is 999. The van der Waals surface area contributed by atoms with Gasteiger partial charge < -0.3 is 10.2 Å². The highest BCUT2D eigenvalue weighted by atomic mass is 35.5. The van der Waals surface area contributed by atoms with Crippen LogP contribution in [0.15, 0.2) is 60.7 Å². The Morgan fingerprint density at radius 3 is 2.50 bits per heavy atom. The Labute approximate surface area is 182 Å². The number of piperidine rings is 1. The minimum atomic E-state index is -0.277. The maximum absolute atomic E-state index is 12.5. The molecular weight excluding hydrogens is 396 g/mol. The van der Waals surface area contributed by atoms with Gasteiger partial charge in [0.15, 0.2) is 11.5 Å². The van der Waals surface area contributed by atoms with Crippen molar-refractivity contribution in [3.05, 3.63) is 82.5 Å². The molecule has 0 spiro atoms. The number of nitrogens with one attached hydrogen (secondary N) is 1. The van der Waals surface area contributed by atoms with E-state index < -0.39 is 0 Å². The van der Waals surface area contributed by atoms with Crippen molar-refractivity contribution in [2.45, 2.75) is 26.2 Å². The number of carbonyl (C=O) groups is 1. The first kappa shape index (κ1) is 20.4. The van der Waals surface area contributed by atoms with E-state index in [0.29, 0.717) is 16.6 Å². The van der Waals surface area contributed by atoms with Crippen LogP contribution in [0.2, 0.25) is 5.02 Å². The minimum Gasteiger partial charge on any atom is -0.355 e. The smallest absolute Gasteiger partial charge is 0.276 e. The molecule has 6 heteroatoms. The molecule has 0 radical (unpaired) electrons. The predicted octanol–water partition coefficient (Wildman–Crippen LogP) is 5.15. The highest BCUT2D eigenvalue weighted by Crippen LogP contribution is 2.25. The van der Waals surface area contributed by atoms with E-state index in [1.165, 1.54) is 5.56 Å². The van der Waals surface area contributed by atoms with Crippen molar-refractivity contribution in [2.75, 3.05) is 23.3 Å². The summed E-state index contributed by atoms with van der Waals surface area (Å²) in [6, 6.07) is 19.6. The van der Waals surface area contributed by atoms with Gasteiger partial charge in [-0.1, -0.05) is 41.9 Å². The van der Waals surface area contributed by atoms with E-state index >= 15 is 0 Å². The van der Waals surface area contributed by atoms with Crippen LogP contribution in [-0.4, -0.2) is 29.2 Å². The molecule has 0 aliphatic carbocycles. The average molecular weight is 421 g/mol. The molecule has 154 valence electrons. The first-order chi connectivity index (χ1) is 14.6. The predicted molar refractivity (Wildman–Crippen MR) is 121 cm³/mol. The van der Waals surface area contributed by atoms with Crippen LogP contribution >= 0.6 is 11.6 Å². The third kappa shape index (κ3) is 4.97. The van der Waals surface area contributed by atoms with Gasteiger partial charge in [0.1, 0.15) is 0 Å². The van der Waals surface area contributed by atoms with Crippen molar-refractivity contribution < 1.29 is 4.79 Å². The number of halogens is 1. The number of anilines is 2. The fourth-order valence-electron chi connectivity index (χ4n) is 3.88. The molecule has 30 heavy (non-hydrogen) atoms. The molecule has 2 aromatic carbocycles. The van der Waals surface area contributed by atoms with Crippen LogP contribution in [0.3, 0.4) is 0 Å². The summed E-state index contributed by atoms with van der Waals surface area (Å²) in [5.74, 6) is 1.25. The maximum Gasteiger partial charge on any atom is 0.276 e. The number of aryl methyl sites for hydroxylation is 1. The molecule has 1 amide bonds. The second kappa shape index (κ2) is 9.26. The lowest BCUT2D eigenvalue weighted by atomic mass is 9.90. The maximum atomic E-state index is 12.5. The zero-order valence-electron chi connectivity index (χ0n) is 17.0. The van der Waals surface area contributed by atoms with Crippen molar-refractivity contribution in [1.82, 2.24) is 10.2 Å². The van der Waals surface area contributed by atoms with Gasteiger partial charge >= 0.3 is 0 Å². The number of amides is 1. The number of benzene rings is 2. The largest absolute Gasteiger partial charge is 0.355 e. The van der Waals surface area contributed by atoms with Gasteiger partial charge in [-0.25, -0.2) is 0 Å². The Morgan fingerprint density at radius 2 is 1.83 bits per heavy atom. The van der Waals surface area contributed by atoms with Gasteiger partial charge in [0.25, 0.3) is 5.91 Å². The fraction of sp³-hybridized carbons (Fsp3) is 0.292. The van der Waals surface area contributed by atoms with Gasteiger partial charge in [-0.15, -0.1) is 10.2 Å². The fourth-order valence-corrected chi connectivity index (χ4v) is 4.11. The molecule has 5 nitrogen and oxygen atoms in total. The topological polar surface area (TPSA) is 58.1 Å². The van der Waals surface area contributed by atoms with Crippen molar-refractivity contribution >= 4 is 29.0 Å². The van der Waals surface area contributed by atoms with Crippen LogP contribution in [0.4, 0.5) is 11.5 Å². The molecule has 2 heterocycles.